The highest BCUT2D eigenvalue weighted by Crippen LogP contribution is 2.30. The van der Waals surface area contributed by atoms with E-state index in [-0.39, 0.29) is 37.8 Å². The van der Waals surface area contributed by atoms with Crippen LogP contribution in [-0.2, 0) is 22.4 Å². The number of benzene rings is 3. The zero-order valence-corrected chi connectivity index (χ0v) is 25.1. The maximum atomic E-state index is 13.9. The summed E-state index contributed by atoms with van der Waals surface area (Å²) in [5, 5.41) is 23.6. The van der Waals surface area contributed by atoms with Crippen LogP contribution >= 0.6 is 22.6 Å². The van der Waals surface area contributed by atoms with Gasteiger partial charge < -0.3 is 29.9 Å². The van der Waals surface area contributed by atoms with Gasteiger partial charge in [0.25, 0.3) is 0 Å². The van der Waals surface area contributed by atoms with E-state index < -0.39 is 18.2 Å². The predicted octanol–water partition coefficient (Wildman–Crippen LogP) is 3.53. The Bertz CT molecular complexity index is 1350. The van der Waals surface area contributed by atoms with Gasteiger partial charge in [-0.15, -0.1) is 0 Å². The van der Waals surface area contributed by atoms with Gasteiger partial charge in [-0.3, -0.25) is 9.59 Å². The van der Waals surface area contributed by atoms with Gasteiger partial charge in [-0.25, -0.2) is 0 Å². The SMILES string of the molecule is COc1cccc(CCN(C(=O)Cc2ccccc2)C2CC(C(=O)NCCO)=CC(Oc3ccccc3I)C2O)c1. The molecule has 0 saturated heterocycles. The first-order valence-electron chi connectivity index (χ1n) is 13.5. The second-order valence-corrected chi connectivity index (χ2v) is 11.0. The van der Waals surface area contributed by atoms with Crippen molar-refractivity contribution in [3.63, 3.8) is 0 Å². The molecule has 3 N–H and O–H groups in total. The first kappa shape index (κ1) is 30.5. The number of rotatable bonds is 12. The molecular formula is C32H35IN2O6. The molecule has 0 bridgehead atoms. The van der Waals surface area contributed by atoms with Crippen LogP contribution in [0, 0.1) is 3.57 Å². The van der Waals surface area contributed by atoms with Gasteiger partial charge >= 0.3 is 0 Å². The number of nitrogens with zero attached hydrogens (tertiary/aromatic N) is 1. The summed E-state index contributed by atoms with van der Waals surface area (Å²) >= 11 is 2.16. The number of para-hydroxylation sites is 1. The molecule has 0 radical (unpaired) electrons. The minimum absolute atomic E-state index is 0.0952. The molecule has 0 aromatic heterocycles. The molecule has 3 aromatic carbocycles. The van der Waals surface area contributed by atoms with E-state index in [4.69, 9.17) is 9.47 Å². The molecule has 8 nitrogen and oxygen atoms in total. The number of methoxy groups -OCH3 is 1. The lowest BCUT2D eigenvalue weighted by Gasteiger charge is -2.40. The predicted molar refractivity (Wildman–Crippen MR) is 165 cm³/mol. The summed E-state index contributed by atoms with van der Waals surface area (Å²) in [7, 11) is 1.61. The fourth-order valence-electron chi connectivity index (χ4n) is 4.89. The summed E-state index contributed by atoms with van der Waals surface area (Å²) in [6.45, 7) is 0.217. The van der Waals surface area contributed by atoms with Crippen LogP contribution in [-0.4, -0.2) is 72.0 Å². The van der Waals surface area contributed by atoms with Crippen molar-refractivity contribution in [1.29, 1.82) is 0 Å². The zero-order chi connectivity index (χ0) is 29.2. The molecule has 0 saturated carbocycles. The second kappa shape index (κ2) is 15.0. The number of hydrogen-bond donors (Lipinski definition) is 3. The number of carbonyl (C=O) groups is 2. The van der Waals surface area contributed by atoms with Crippen molar-refractivity contribution < 1.29 is 29.3 Å². The third kappa shape index (κ3) is 8.31. The molecule has 1 aliphatic rings. The van der Waals surface area contributed by atoms with Gasteiger partial charge in [0.1, 0.15) is 23.7 Å². The van der Waals surface area contributed by atoms with E-state index in [1.165, 1.54) is 0 Å². The number of halogens is 1. The summed E-state index contributed by atoms with van der Waals surface area (Å²) in [6, 6.07) is 23.8. The van der Waals surface area contributed by atoms with E-state index in [9.17, 15) is 19.8 Å². The minimum atomic E-state index is -1.09. The minimum Gasteiger partial charge on any atom is -0.497 e. The Balaban J connectivity index is 1.66. The van der Waals surface area contributed by atoms with Crippen molar-refractivity contribution in [2.45, 2.75) is 37.5 Å². The van der Waals surface area contributed by atoms with Gasteiger partial charge in [-0.1, -0.05) is 54.6 Å². The molecule has 216 valence electrons. The third-order valence-corrected chi connectivity index (χ3v) is 7.90. The third-order valence-electron chi connectivity index (χ3n) is 7.01. The van der Waals surface area contributed by atoms with Crippen LogP contribution in [0.4, 0.5) is 0 Å². The molecule has 3 atom stereocenters. The largest absolute Gasteiger partial charge is 0.497 e. The van der Waals surface area contributed by atoms with Crippen LogP contribution < -0.4 is 14.8 Å². The standard InChI is InChI=1S/C32H35IN2O6/c1-40-25-11-7-10-23(18-25)14-16-35(30(37)19-22-8-3-2-4-9-22)27-20-24(32(39)34-15-17-36)21-29(31(27)38)41-28-13-6-5-12-26(28)33/h2-13,18,21,27,29,31,36,38H,14-17,19-20H2,1H3,(H,34,39). The smallest absolute Gasteiger partial charge is 0.247 e. The number of amides is 2. The molecule has 0 spiro atoms. The molecule has 1 aliphatic carbocycles. The van der Waals surface area contributed by atoms with Gasteiger partial charge in [-0.2, -0.15) is 0 Å². The van der Waals surface area contributed by atoms with Crippen LogP contribution in [0.25, 0.3) is 0 Å². The molecule has 3 aromatic rings. The molecule has 0 aliphatic heterocycles. The van der Waals surface area contributed by atoms with E-state index in [0.717, 1.165) is 20.4 Å². The van der Waals surface area contributed by atoms with Crippen molar-refractivity contribution in [2.75, 3.05) is 26.8 Å². The number of carbonyl (C=O) groups excluding carboxylic acids is 2. The summed E-state index contributed by atoms with van der Waals surface area (Å²) < 4.78 is 12.5. The molecule has 0 heterocycles. The van der Waals surface area contributed by atoms with Gasteiger partial charge in [-0.05, 0) is 70.5 Å². The molecular weight excluding hydrogens is 635 g/mol. The number of ether oxygens (including phenoxy) is 2. The van der Waals surface area contributed by atoms with Gasteiger partial charge in [0, 0.05) is 25.1 Å². The highest BCUT2D eigenvalue weighted by atomic mass is 127. The van der Waals surface area contributed by atoms with Gasteiger partial charge in [0.2, 0.25) is 11.8 Å². The van der Waals surface area contributed by atoms with Crippen molar-refractivity contribution in [3.8, 4) is 11.5 Å². The molecule has 4 rings (SSSR count). The van der Waals surface area contributed by atoms with Crippen LogP contribution in [0.2, 0.25) is 0 Å². The van der Waals surface area contributed by atoms with Crippen LogP contribution in [0.3, 0.4) is 0 Å². The van der Waals surface area contributed by atoms with Crippen LogP contribution in [0.5, 0.6) is 11.5 Å². The lowest BCUT2D eigenvalue weighted by molar-refractivity contribution is -0.137. The Labute approximate surface area is 254 Å². The quantitative estimate of drug-likeness (QED) is 0.255. The summed E-state index contributed by atoms with van der Waals surface area (Å²) in [5.41, 5.74) is 2.23. The Hall–Kier alpha value is -3.41. The monoisotopic (exact) mass is 670 g/mol. The normalized spacial score (nSPS) is 18.2. The van der Waals surface area contributed by atoms with E-state index in [0.29, 0.717) is 24.3 Å². The highest BCUT2D eigenvalue weighted by Gasteiger charge is 2.40. The lowest BCUT2D eigenvalue weighted by Crippen LogP contribution is -2.56. The van der Waals surface area contributed by atoms with E-state index in [2.05, 4.69) is 27.9 Å². The van der Waals surface area contributed by atoms with E-state index in [1.54, 1.807) is 24.2 Å². The summed E-state index contributed by atoms with van der Waals surface area (Å²) in [6.07, 6.45) is 0.481. The van der Waals surface area contributed by atoms with Crippen molar-refractivity contribution in [2.24, 2.45) is 0 Å². The first-order chi connectivity index (χ1) is 19.9. The van der Waals surface area contributed by atoms with Crippen molar-refractivity contribution in [3.05, 3.63) is 105 Å². The average Bonchev–Trinajstić information content (AvgIpc) is 2.99. The highest BCUT2D eigenvalue weighted by molar-refractivity contribution is 14.1. The van der Waals surface area contributed by atoms with Gasteiger partial charge in [0.05, 0.1) is 29.7 Å². The Morgan fingerprint density at radius 3 is 2.49 bits per heavy atom. The maximum absolute atomic E-state index is 13.9. The molecule has 9 heteroatoms. The van der Waals surface area contributed by atoms with E-state index in [1.807, 2.05) is 72.8 Å². The summed E-state index contributed by atoms with van der Waals surface area (Å²) in [5.74, 6) is 0.769. The first-order valence-corrected chi connectivity index (χ1v) is 14.6. The van der Waals surface area contributed by atoms with Crippen molar-refractivity contribution >= 4 is 34.4 Å². The number of aliphatic hydroxyl groups excluding tert-OH is 2. The molecule has 0 fully saturated rings. The molecule has 41 heavy (non-hydrogen) atoms. The number of nitrogens with one attached hydrogen (secondary N) is 1. The fraction of sp³-hybridized carbons (Fsp3) is 0.312. The Kier molecular flexibility index (Phi) is 11.2. The fourth-order valence-corrected chi connectivity index (χ4v) is 5.41. The average molecular weight is 671 g/mol. The zero-order valence-electron chi connectivity index (χ0n) is 22.9. The molecule has 2 amide bonds. The second-order valence-electron chi connectivity index (χ2n) is 9.80. The van der Waals surface area contributed by atoms with Crippen molar-refractivity contribution in [1.82, 2.24) is 10.2 Å². The Morgan fingerprint density at radius 2 is 1.76 bits per heavy atom. The number of hydrogen-bond acceptors (Lipinski definition) is 6. The maximum Gasteiger partial charge on any atom is 0.247 e. The van der Waals surface area contributed by atoms with Gasteiger partial charge in [0.15, 0.2) is 0 Å². The summed E-state index contributed by atoms with van der Waals surface area (Å²) in [4.78, 5) is 28.6. The lowest BCUT2D eigenvalue weighted by atomic mass is 9.87. The molecule has 3 unspecified atom stereocenters. The number of aliphatic hydroxyl groups is 2. The Morgan fingerprint density at radius 1 is 1.02 bits per heavy atom. The van der Waals surface area contributed by atoms with E-state index >= 15 is 0 Å². The van der Waals surface area contributed by atoms with Crippen LogP contribution in [0.15, 0.2) is 90.5 Å². The topological polar surface area (TPSA) is 108 Å². The van der Waals surface area contributed by atoms with Crippen LogP contribution in [0.1, 0.15) is 17.5 Å².